The number of imidazole rings is 2. The number of anilines is 1. The molecular formula is C18H20N6O. The van der Waals surface area contributed by atoms with Gasteiger partial charge in [-0.05, 0) is 30.9 Å². The summed E-state index contributed by atoms with van der Waals surface area (Å²) in [5.74, 6) is 1.61. The van der Waals surface area contributed by atoms with E-state index in [0.717, 1.165) is 37.4 Å². The van der Waals surface area contributed by atoms with E-state index in [-0.39, 0.29) is 5.92 Å². The summed E-state index contributed by atoms with van der Waals surface area (Å²) in [4.78, 5) is 11.0. The molecule has 0 amide bonds. The molecule has 0 unspecified atom stereocenters. The van der Waals surface area contributed by atoms with Gasteiger partial charge in [-0.2, -0.15) is 5.26 Å². The van der Waals surface area contributed by atoms with Crippen molar-refractivity contribution in [3.8, 4) is 6.07 Å². The minimum Gasteiger partial charge on any atom is -0.385 e. The molecule has 0 spiro atoms. The van der Waals surface area contributed by atoms with Gasteiger partial charge in [-0.3, -0.25) is 4.40 Å². The topological polar surface area (TPSA) is 82.4 Å². The summed E-state index contributed by atoms with van der Waals surface area (Å²) in [7, 11) is 1.90. The number of pyridine rings is 1. The highest BCUT2D eigenvalue weighted by Crippen LogP contribution is 2.32. The number of aromatic nitrogens is 4. The summed E-state index contributed by atoms with van der Waals surface area (Å²) in [6.07, 6.45) is 6.55. The lowest BCUT2D eigenvalue weighted by molar-refractivity contribution is 0.0824. The second-order valence-electron chi connectivity index (χ2n) is 6.49. The molecule has 0 radical (unpaired) electrons. The molecule has 0 saturated carbocycles. The van der Waals surface area contributed by atoms with Crippen molar-refractivity contribution in [3.05, 3.63) is 48.3 Å². The minimum absolute atomic E-state index is 0.167. The van der Waals surface area contributed by atoms with Crippen LogP contribution in [0.4, 0.5) is 5.82 Å². The Morgan fingerprint density at radius 1 is 1.28 bits per heavy atom. The number of fused-ring (bicyclic) bond motifs is 1. The largest absolute Gasteiger partial charge is 0.385 e. The van der Waals surface area contributed by atoms with Gasteiger partial charge in [0.25, 0.3) is 0 Å². The Balaban J connectivity index is 1.53. The molecule has 1 fully saturated rings. The molecule has 4 heterocycles. The van der Waals surface area contributed by atoms with E-state index in [1.54, 1.807) is 6.20 Å². The number of hydrogen-bond donors (Lipinski definition) is 1. The second-order valence-corrected chi connectivity index (χ2v) is 6.49. The van der Waals surface area contributed by atoms with Gasteiger partial charge >= 0.3 is 0 Å². The SMILES string of the molecule is Cn1ccnc1[C@@H](O)C1CCN(c2nc3ccccn3c2C#N)CC1. The first-order chi connectivity index (χ1) is 12.2. The van der Waals surface area contributed by atoms with E-state index in [1.165, 1.54) is 0 Å². The van der Waals surface area contributed by atoms with E-state index >= 15 is 0 Å². The standard InChI is InChI=1S/C18H20N6O/c1-22-11-7-20-18(22)16(25)13-5-9-23(10-6-13)17-14(12-19)24-8-3-2-4-15(24)21-17/h2-4,7-8,11,13,16,25H,5-6,9-10H2,1H3/t16-/m0/s1. The van der Waals surface area contributed by atoms with Crippen LogP contribution in [0.1, 0.15) is 30.5 Å². The van der Waals surface area contributed by atoms with E-state index in [1.807, 2.05) is 46.6 Å². The van der Waals surface area contributed by atoms with E-state index in [4.69, 9.17) is 0 Å². The highest BCUT2D eigenvalue weighted by Gasteiger charge is 2.30. The van der Waals surface area contributed by atoms with Gasteiger partial charge in [-0.1, -0.05) is 6.07 Å². The Labute approximate surface area is 145 Å². The number of hydrogen-bond acceptors (Lipinski definition) is 5. The first-order valence-electron chi connectivity index (χ1n) is 8.46. The normalized spacial score (nSPS) is 16.9. The number of aryl methyl sites for hydroxylation is 1. The average molecular weight is 336 g/mol. The Bertz CT molecular complexity index is 929. The lowest BCUT2D eigenvalue weighted by Gasteiger charge is -2.34. The minimum atomic E-state index is -0.557. The van der Waals surface area contributed by atoms with Gasteiger partial charge in [0.15, 0.2) is 11.5 Å². The molecule has 0 bridgehead atoms. The molecule has 25 heavy (non-hydrogen) atoms. The van der Waals surface area contributed by atoms with E-state index < -0.39 is 6.10 Å². The van der Waals surface area contributed by atoms with Crippen molar-refractivity contribution in [1.29, 1.82) is 5.26 Å². The zero-order valence-corrected chi connectivity index (χ0v) is 14.1. The predicted molar refractivity (Wildman–Crippen MR) is 93.0 cm³/mol. The van der Waals surface area contributed by atoms with Crippen molar-refractivity contribution in [3.63, 3.8) is 0 Å². The zero-order chi connectivity index (χ0) is 17.4. The quantitative estimate of drug-likeness (QED) is 0.790. The molecule has 3 aromatic heterocycles. The highest BCUT2D eigenvalue weighted by atomic mass is 16.3. The molecule has 1 atom stereocenters. The fraction of sp³-hybridized carbons (Fsp3) is 0.389. The van der Waals surface area contributed by atoms with Crippen LogP contribution in [0.3, 0.4) is 0 Å². The predicted octanol–water partition coefficient (Wildman–Crippen LogP) is 1.89. The molecule has 1 saturated heterocycles. The van der Waals surface area contributed by atoms with Crippen LogP contribution in [0.5, 0.6) is 0 Å². The molecule has 7 heteroatoms. The van der Waals surface area contributed by atoms with Crippen LogP contribution in [-0.4, -0.2) is 37.1 Å². The molecule has 3 aromatic rings. The summed E-state index contributed by atoms with van der Waals surface area (Å²) < 4.78 is 3.69. The Hall–Kier alpha value is -2.85. The summed E-state index contributed by atoms with van der Waals surface area (Å²) in [5, 5.41) is 20.2. The molecule has 1 aliphatic rings. The van der Waals surface area contributed by atoms with Gasteiger partial charge in [-0.15, -0.1) is 0 Å². The number of aliphatic hydroxyl groups is 1. The van der Waals surface area contributed by atoms with Crippen molar-refractivity contribution < 1.29 is 5.11 Å². The van der Waals surface area contributed by atoms with Crippen molar-refractivity contribution in [2.24, 2.45) is 13.0 Å². The van der Waals surface area contributed by atoms with Crippen LogP contribution in [-0.2, 0) is 7.05 Å². The van der Waals surface area contributed by atoms with Crippen LogP contribution in [0.2, 0.25) is 0 Å². The Morgan fingerprint density at radius 2 is 2.08 bits per heavy atom. The van der Waals surface area contributed by atoms with Crippen molar-refractivity contribution in [2.75, 3.05) is 18.0 Å². The van der Waals surface area contributed by atoms with Gasteiger partial charge in [0.2, 0.25) is 0 Å². The van der Waals surface area contributed by atoms with E-state index in [9.17, 15) is 10.4 Å². The first-order valence-corrected chi connectivity index (χ1v) is 8.46. The zero-order valence-electron chi connectivity index (χ0n) is 14.1. The Kier molecular flexibility index (Phi) is 3.90. The lowest BCUT2D eigenvalue weighted by atomic mass is 9.90. The van der Waals surface area contributed by atoms with Crippen LogP contribution in [0, 0.1) is 17.2 Å². The van der Waals surface area contributed by atoms with Gasteiger partial charge in [0.1, 0.15) is 23.6 Å². The highest BCUT2D eigenvalue weighted by molar-refractivity contribution is 5.60. The van der Waals surface area contributed by atoms with Crippen LogP contribution in [0.25, 0.3) is 5.65 Å². The van der Waals surface area contributed by atoms with Crippen LogP contribution in [0.15, 0.2) is 36.8 Å². The summed E-state index contributed by atoms with van der Waals surface area (Å²) in [6.45, 7) is 1.54. The van der Waals surface area contributed by atoms with E-state index in [0.29, 0.717) is 11.5 Å². The maximum Gasteiger partial charge on any atom is 0.169 e. The third-order valence-electron chi connectivity index (χ3n) is 5.03. The molecule has 4 rings (SSSR count). The van der Waals surface area contributed by atoms with Crippen LogP contribution >= 0.6 is 0 Å². The molecule has 128 valence electrons. The van der Waals surface area contributed by atoms with Crippen molar-refractivity contribution in [2.45, 2.75) is 18.9 Å². The summed E-state index contributed by atoms with van der Waals surface area (Å²) in [6, 6.07) is 8.00. The van der Waals surface area contributed by atoms with Gasteiger partial charge < -0.3 is 14.6 Å². The third-order valence-corrected chi connectivity index (χ3v) is 5.03. The smallest absolute Gasteiger partial charge is 0.169 e. The summed E-state index contributed by atoms with van der Waals surface area (Å²) in [5.41, 5.74) is 1.35. The first kappa shape index (κ1) is 15.7. The van der Waals surface area contributed by atoms with Crippen molar-refractivity contribution >= 4 is 11.5 Å². The fourth-order valence-corrected chi connectivity index (χ4v) is 3.61. The number of rotatable bonds is 3. The number of nitrogens with zero attached hydrogens (tertiary/aromatic N) is 6. The molecule has 0 aliphatic carbocycles. The molecular weight excluding hydrogens is 316 g/mol. The Morgan fingerprint density at radius 3 is 2.76 bits per heavy atom. The second kappa shape index (κ2) is 6.22. The molecule has 7 nitrogen and oxygen atoms in total. The molecule has 0 aromatic carbocycles. The maximum absolute atomic E-state index is 10.6. The van der Waals surface area contributed by atoms with Gasteiger partial charge in [0, 0.05) is 38.7 Å². The third kappa shape index (κ3) is 2.65. The molecule has 1 N–H and O–H groups in total. The monoisotopic (exact) mass is 336 g/mol. The fourth-order valence-electron chi connectivity index (χ4n) is 3.61. The van der Waals surface area contributed by atoms with Crippen molar-refractivity contribution in [1.82, 2.24) is 18.9 Å². The molecule has 1 aliphatic heterocycles. The number of piperidine rings is 1. The van der Waals surface area contributed by atoms with Crippen LogP contribution < -0.4 is 4.90 Å². The number of aliphatic hydroxyl groups excluding tert-OH is 1. The van der Waals surface area contributed by atoms with E-state index in [2.05, 4.69) is 20.9 Å². The lowest BCUT2D eigenvalue weighted by Crippen LogP contribution is -2.36. The average Bonchev–Trinajstić information content (AvgIpc) is 3.24. The van der Waals surface area contributed by atoms with Gasteiger partial charge in [-0.25, -0.2) is 9.97 Å². The maximum atomic E-state index is 10.6. The summed E-state index contributed by atoms with van der Waals surface area (Å²) >= 11 is 0. The number of nitriles is 1. The van der Waals surface area contributed by atoms with Gasteiger partial charge in [0.05, 0.1) is 0 Å².